The third-order valence-corrected chi connectivity index (χ3v) is 6.81. The molecule has 132 valence electrons. The SMILES string of the molecule is Cc1c(Cl)c(C(F)(F)F)nn1CCCNC(=O)c1cc(Br)c(Br)s1. The van der Waals surface area contributed by atoms with Gasteiger partial charge in [-0.25, -0.2) is 0 Å². The van der Waals surface area contributed by atoms with Gasteiger partial charge in [-0.15, -0.1) is 11.3 Å². The highest BCUT2D eigenvalue weighted by Crippen LogP contribution is 2.35. The number of aryl methyl sites for hydroxylation is 1. The van der Waals surface area contributed by atoms with Gasteiger partial charge in [0.1, 0.15) is 0 Å². The number of aromatic nitrogens is 2. The number of carbonyl (C=O) groups is 1. The molecule has 0 aliphatic heterocycles. The van der Waals surface area contributed by atoms with Crippen molar-refractivity contribution >= 4 is 60.7 Å². The second kappa shape index (κ2) is 7.76. The summed E-state index contributed by atoms with van der Waals surface area (Å²) in [7, 11) is 0. The third kappa shape index (κ3) is 4.53. The summed E-state index contributed by atoms with van der Waals surface area (Å²) in [6.07, 6.45) is -4.16. The van der Waals surface area contributed by atoms with Crippen molar-refractivity contribution < 1.29 is 18.0 Å². The molecule has 2 aromatic rings. The second-order valence-electron chi connectivity index (χ2n) is 4.81. The van der Waals surface area contributed by atoms with Crippen molar-refractivity contribution in [1.82, 2.24) is 15.1 Å². The summed E-state index contributed by atoms with van der Waals surface area (Å²) in [5.74, 6) is -0.238. The fourth-order valence-electron chi connectivity index (χ4n) is 1.90. The Morgan fingerprint density at radius 2 is 2.12 bits per heavy atom. The minimum atomic E-state index is -4.58. The van der Waals surface area contributed by atoms with Gasteiger partial charge in [0, 0.05) is 17.6 Å². The van der Waals surface area contributed by atoms with Crippen LogP contribution in [0.4, 0.5) is 13.2 Å². The predicted octanol–water partition coefficient (Wildman–Crippen LogP) is 5.27. The van der Waals surface area contributed by atoms with Crippen molar-refractivity contribution in [2.75, 3.05) is 6.54 Å². The van der Waals surface area contributed by atoms with Crippen LogP contribution in [-0.2, 0) is 12.7 Å². The number of alkyl halides is 3. The van der Waals surface area contributed by atoms with E-state index in [4.69, 9.17) is 11.6 Å². The zero-order valence-electron chi connectivity index (χ0n) is 12.2. The topological polar surface area (TPSA) is 46.9 Å². The lowest BCUT2D eigenvalue weighted by Gasteiger charge is -2.06. The number of rotatable bonds is 5. The molecule has 0 aliphatic rings. The van der Waals surface area contributed by atoms with Crippen LogP contribution in [0, 0.1) is 6.92 Å². The maximum Gasteiger partial charge on any atom is 0.436 e. The normalized spacial score (nSPS) is 11.8. The van der Waals surface area contributed by atoms with Gasteiger partial charge < -0.3 is 5.32 Å². The minimum absolute atomic E-state index is 0.222. The fourth-order valence-corrected chi connectivity index (χ4v) is 4.09. The summed E-state index contributed by atoms with van der Waals surface area (Å²) >= 11 is 13.6. The van der Waals surface area contributed by atoms with Gasteiger partial charge >= 0.3 is 6.18 Å². The van der Waals surface area contributed by atoms with Crippen molar-refractivity contribution in [3.63, 3.8) is 0 Å². The highest BCUT2D eigenvalue weighted by atomic mass is 79.9. The van der Waals surface area contributed by atoms with Gasteiger partial charge in [0.05, 0.1) is 19.4 Å². The number of thiophene rings is 1. The highest BCUT2D eigenvalue weighted by molar-refractivity contribution is 9.13. The summed E-state index contributed by atoms with van der Waals surface area (Å²) in [5, 5.41) is 5.83. The van der Waals surface area contributed by atoms with Crippen molar-refractivity contribution in [3.8, 4) is 0 Å². The molecule has 0 radical (unpaired) electrons. The quantitative estimate of drug-likeness (QED) is 0.559. The minimum Gasteiger partial charge on any atom is -0.351 e. The lowest BCUT2D eigenvalue weighted by atomic mass is 10.3. The second-order valence-corrected chi connectivity index (χ2v) is 8.41. The van der Waals surface area contributed by atoms with Crippen LogP contribution in [0.5, 0.6) is 0 Å². The van der Waals surface area contributed by atoms with Gasteiger partial charge in [0.2, 0.25) is 0 Å². The Morgan fingerprint density at radius 1 is 1.46 bits per heavy atom. The van der Waals surface area contributed by atoms with Gasteiger partial charge in [-0.1, -0.05) is 11.6 Å². The monoisotopic (exact) mass is 507 g/mol. The van der Waals surface area contributed by atoms with Gasteiger partial charge in [-0.2, -0.15) is 18.3 Å². The first kappa shape index (κ1) is 19.7. The molecular formula is C13H11Br2ClF3N3OS. The van der Waals surface area contributed by atoms with Crippen LogP contribution < -0.4 is 5.32 Å². The van der Waals surface area contributed by atoms with Crippen LogP contribution in [0.3, 0.4) is 0 Å². The molecule has 4 nitrogen and oxygen atoms in total. The zero-order valence-corrected chi connectivity index (χ0v) is 16.9. The number of amides is 1. The molecule has 1 amide bonds. The number of hydrogen-bond acceptors (Lipinski definition) is 3. The lowest BCUT2D eigenvalue weighted by Crippen LogP contribution is -2.24. The lowest BCUT2D eigenvalue weighted by molar-refractivity contribution is -0.141. The van der Waals surface area contributed by atoms with E-state index < -0.39 is 11.9 Å². The molecule has 2 heterocycles. The molecule has 0 spiro atoms. The van der Waals surface area contributed by atoms with E-state index in [2.05, 4.69) is 42.3 Å². The average Bonchev–Trinajstić information content (AvgIpc) is 2.97. The van der Waals surface area contributed by atoms with Gasteiger partial charge in [0.15, 0.2) is 5.69 Å². The van der Waals surface area contributed by atoms with Crippen LogP contribution in [0.2, 0.25) is 5.02 Å². The number of hydrogen-bond donors (Lipinski definition) is 1. The van der Waals surface area contributed by atoms with E-state index >= 15 is 0 Å². The van der Waals surface area contributed by atoms with Crippen molar-refractivity contribution in [2.24, 2.45) is 0 Å². The van der Waals surface area contributed by atoms with Crippen LogP contribution in [0.25, 0.3) is 0 Å². The summed E-state index contributed by atoms with van der Waals surface area (Å²) in [4.78, 5) is 12.5. The number of halogens is 6. The standard InChI is InChI=1S/C13H11Br2ClF3N3OS/c1-6-9(16)10(13(17,18)19)21-22(6)4-2-3-20-12(23)8-5-7(14)11(15)24-8/h5H,2-4H2,1H3,(H,20,23). The molecule has 0 saturated carbocycles. The van der Waals surface area contributed by atoms with Gasteiger partial charge in [-0.05, 0) is 51.3 Å². The Morgan fingerprint density at radius 3 is 2.62 bits per heavy atom. The molecule has 1 N–H and O–H groups in total. The summed E-state index contributed by atoms with van der Waals surface area (Å²) in [5.41, 5.74) is -0.833. The Balaban J connectivity index is 1.90. The Hall–Kier alpha value is -0.580. The molecule has 24 heavy (non-hydrogen) atoms. The molecule has 11 heteroatoms. The molecule has 2 rings (SSSR count). The van der Waals surface area contributed by atoms with Crippen LogP contribution >= 0.6 is 54.8 Å². The molecule has 0 aromatic carbocycles. The van der Waals surface area contributed by atoms with E-state index in [1.807, 2.05) is 0 Å². The fraction of sp³-hybridized carbons (Fsp3) is 0.385. The third-order valence-electron chi connectivity index (χ3n) is 3.10. The number of nitrogens with one attached hydrogen (secondary N) is 1. The average molecular weight is 510 g/mol. The van der Waals surface area contributed by atoms with Gasteiger partial charge in [-0.3, -0.25) is 9.48 Å². The number of carbonyl (C=O) groups excluding carboxylic acids is 1. The maximum atomic E-state index is 12.7. The smallest absolute Gasteiger partial charge is 0.351 e. The first-order chi connectivity index (χ1) is 11.1. The Labute approximate surface area is 161 Å². The van der Waals surface area contributed by atoms with Crippen molar-refractivity contribution in [3.05, 3.63) is 35.6 Å². The first-order valence-corrected chi connectivity index (χ1v) is 9.42. The van der Waals surface area contributed by atoms with Gasteiger partial charge in [0.25, 0.3) is 5.91 Å². The molecule has 0 aliphatic carbocycles. The molecule has 0 saturated heterocycles. The molecule has 0 fully saturated rings. The van der Waals surface area contributed by atoms with E-state index in [-0.39, 0.29) is 23.2 Å². The molecule has 0 atom stereocenters. The summed E-state index contributed by atoms with van der Waals surface area (Å²) in [6.45, 7) is 2.01. The van der Waals surface area contributed by atoms with E-state index in [0.717, 1.165) is 8.26 Å². The molecule has 0 unspecified atom stereocenters. The van der Waals surface area contributed by atoms with Crippen LogP contribution in [0.1, 0.15) is 27.5 Å². The first-order valence-electron chi connectivity index (χ1n) is 6.64. The molecule has 0 bridgehead atoms. The van der Waals surface area contributed by atoms with E-state index in [1.54, 1.807) is 6.07 Å². The van der Waals surface area contributed by atoms with Crippen LogP contribution in [0.15, 0.2) is 14.3 Å². The Kier molecular flexibility index (Phi) is 6.38. The van der Waals surface area contributed by atoms with Crippen LogP contribution in [-0.4, -0.2) is 22.2 Å². The maximum absolute atomic E-state index is 12.7. The van der Waals surface area contributed by atoms with Crippen molar-refractivity contribution in [1.29, 1.82) is 0 Å². The van der Waals surface area contributed by atoms with E-state index in [0.29, 0.717) is 17.8 Å². The zero-order chi connectivity index (χ0) is 18.1. The largest absolute Gasteiger partial charge is 0.436 e. The summed E-state index contributed by atoms with van der Waals surface area (Å²) < 4.78 is 41.0. The number of nitrogens with zero attached hydrogens (tertiary/aromatic N) is 2. The molecule has 2 aromatic heterocycles. The van der Waals surface area contributed by atoms with Crippen molar-refractivity contribution in [2.45, 2.75) is 26.1 Å². The highest BCUT2D eigenvalue weighted by Gasteiger charge is 2.38. The van der Waals surface area contributed by atoms with E-state index in [9.17, 15) is 18.0 Å². The summed E-state index contributed by atoms with van der Waals surface area (Å²) in [6, 6.07) is 1.69. The van der Waals surface area contributed by atoms with E-state index in [1.165, 1.54) is 22.9 Å². The predicted molar refractivity (Wildman–Crippen MR) is 93.6 cm³/mol. The Bertz CT molecular complexity index is 741. The molecular weight excluding hydrogens is 498 g/mol.